The van der Waals surface area contributed by atoms with Gasteiger partial charge >= 0.3 is 0 Å². The molecule has 0 aromatic heterocycles. The molecule has 2 aromatic carbocycles. The Hall–Kier alpha value is -2.00. The van der Waals surface area contributed by atoms with Crippen molar-refractivity contribution in [1.82, 2.24) is 0 Å². The van der Waals surface area contributed by atoms with Crippen LogP contribution < -0.4 is 10.2 Å². The number of ether oxygens (including phenoxy) is 1. The van der Waals surface area contributed by atoms with Gasteiger partial charge in [-0.05, 0) is 42.8 Å². The van der Waals surface area contributed by atoms with E-state index in [0.29, 0.717) is 11.6 Å². The van der Waals surface area contributed by atoms with E-state index in [2.05, 4.69) is 10.5 Å². The molecular formula is C15H15ClN2O. The average Bonchev–Trinajstić information content (AvgIpc) is 2.40. The Morgan fingerprint density at radius 3 is 2.84 bits per heavy atom. The van der Waals surface area contributed by atoms with Crippen LogP contribution in [0.25, 0.3) is 0 Å². The summed E-state index contributed by atoms with van der Waals surface area (Å²) in [6.45, 7) is 2.61. The molecule has 0 bridgehead atoms. The van der Waals surface area contributed by atoms with Gasteiger partial charge in [-0.2, -0.15) is 5.10 Å². The lowest BCUT2D eigenvalue weighted by atomic mass is 10.2. The van der Waals surface area contributed by atoms with Crippen LogP contribution in [0.2, 0.25) is 5.02 Å². The molecule has 2 rings (SSSR count). The van der Waals surface area contributed by atoms with E-state index in [4.69, 9.17) is 16.3 Å². The second-order valence-corrected chi connectivity index (χ2v) is 4.32. The minimum absolute atomic E-state index is 0.654. The molecule has 3 nitrogen and oxygen atoms in total. The fourth-order valence-electron chi connectivity index (χ4n) is 1.59. The van der Waals surface area contributed by atoms with Gasteiger partial charge in [-0.25, -0.2) is 0 Å². The van der Waals surface area contributed by atoms with Crippen LogP contribution in [-0.4, -0.2) is 12.8 Å². The molecule has 0 unspecified atom stereocenters. The molecule has 0 spiro atoms. The number of benzene rings is 2. The topological polar surface area (TPSA) is 33.6 Å². The van der Waals surface area contributed by atoms with Crippen molar-refractivity contribution in [2.45, 2.75) is 6.92 Å². The van der Waals surface area contributed by atoms with Gasteiger partial charge in [-0.15, -0.1) is 0 Å². The standard InChI is InChI=1S/C15H15ClN2O/c1-2-19-15-8-3-5-12(9-15)11-17-18-14-7-4-6-13(16)10-14/h3-11,18H,2H2,1H3. The fraction of sp³-hybridized carbons (Fsp3) is 0.133. The van der Waals surface area contributed by atoms with Crippen molar-refractivity contribution < 1.29 is 4.74 Å². The molecule has 0 atom stereocenters. The quantitative estimate of drug-likeness (QED) is 0.655. The predicted octanol–water partition coefficient (Wildman–Crippen LogP) is 4.18. The molecule has 98 valence electrons. The first-order valence-electron chi connectivity index (χ1n) is 6.05. The summed E-state index contributed by atoms with van der Waals surface area (Å²) in [6, 6.07) is 15.2. The lowest BCUT2D eigenvalue weighted by molar-refractivity contribution is 0.340. The van der Waals surface area contributed by atoms with Gasteiger partial charge in [0.05, 0.1) is 18.5 Å². The highest BCUT2D eigenvalue weighted by Crippen LogP contribution is 2.15. The SMILES string of the molecule is CCOc1cccc(C=NNc2cccc(Cl)c2)c1. The Morgan fingerprint density at radius 2 is 2.05 bits per heavy atom. The summed E-state index contributed by atoms with van der Waals surface area (Å²) in [5.74, 6) is 0.842. The van der Waals surface area contributed by atoms with Crippen LogP contribution in [0.3, 0.4) is 0 Å². The summed E-state index contributed by atoms with van der Waals surface area (Å²) in [5, 5.41) is 4.84. The number of rotatable bonds is 5. The van der Waals surface area contributed by atoms with Crippen LogP contribution in [0.1, 0.15) is 12.5 Å². The van der Waals surface area contributed by atoms with E-state index >= 15 is 0 Å². The first-order chi connectivity index (χ1) is 9.28. The monoisotopic (exact) mass is 274 g/mol. The smallest absolute Gasteiger partial charge is 0.119 e. The zero-order valence-electron chi connectivity index (χ0n) is 10.6. The Kier molecular flexibility index (Phi) is 4.81. The molecule has 1 N–H and O–H groups in total. The molecule has 19 heavy (non-hydrogen) atoms. The highest BCUT2D eigenvalue weighted by atomic mass is 35.5. The third-order valence-electron chi connectivity index (χ3n) is 2.40. The van der Waals surface area contributed by atoms with Gasteiger partial charge in [0.1, 0.15) is 5.75 Å². The van der Waals surface area contributed by atoms with Crippen molar-refractivity contribution in [1.29, 1.82) is 0 Å². The number of anilines is 1. The summed E-state index contributed by atoms with van der Waals surface area (Å²) in [5.41, 5.74) is 4.75. The molecule has 0 aliphatic heterocycles. The van der Waals surface area contributed by atoms with Crippen LogP contribution in [0.15, 0.2) is 53.6 Å². The van der Waals surface area contributed by atoms with Crippen molar-refractivity contribution >= 4 is 23.5 Å². The van der Waals surface area contributed by atoms with Gasteiger partial charge in [-0.1, -0.05) is 29.8 Å². The molecule has 0 saturated carbocycles. The Balaban J connectivity index is 2.00. The molecule has 0 amide bonds. The lowest BCUT2D eigenvalue weighted by Crippen LogP contribution is -1.93. The highest BCUT2D eigenvalue weighted by Gasteiger charge is 1.94. The van der Waals surface area contributed by atoms with Crippen molar-refractivity contribution in [2.75, 3.05) is 12.0 Å². The number of nitrogens with zero attached hydrogens (tertiary/aromatic N) is 1. The second kappa shape index (κ2) is 6.81. The Bertz CT molecular complexity index is 570. The molecule has 0 radical (unpaired) electrons. The predicted molar refractivity (Wildman–Crippen MR) is 80.3 cm³/mol. The van der Waals surface area contributed by atoms with E-state index in [0.717, 1.165) is 17.0 Å². The summed E-state index contributed by atoms with van der Waals surface area (Å²) in [7, 11) is 0. The first kappa shape index (κ1) is 13.4. The van der Waals surface area contributed by atoms with Crippen molar-refractivity contribution in [3.8, 4) is 5.75 Å². The summed E-state index contributed by atoms with van der Waals surface area (Å²) < 4.78 is 5.43. The molecule has 0 aliphatic rings. The maximum absolute atomic E-state index is 5.89. The minimum Gasteiger partial charge on any atom is -0.494 e. The molecule has 0 fully saturated rings. The molecule has 0 saturated heterocycles. The van der Waals surface area contributed by atoms with E-state index in [1.54, 1.807) is 6.21 Å². The molecule has 0 aliphatic carbocycles. The van der Waals surface area contributed by atoms with Gasteiger partial charge in [0, 0.05) is 5.02 Å². The average molecular weight is 275 g/mol. The van der Waals surface area contributed by atoms with Crippen LogP contribution in [0.4, 0.5) is 5.69 Å². The van der Waals surface area contributed by atoms with E-state index < -0.39 is 0 Å². The largest absolute Gasteiger partial charge is 0.494 e. The van der Waals surface area contributed by atoms with Gasteiger partial charge in [0.15, 0.2) is 0 Å². The van der Waals surface area contributed by atoms with Crippen LogP contribution in [0, 0.1) is 0 Å². The van der Waals surface area contributed by atoms with E-state index in [-0.39, 0.29) is 0 Å². The van der Waals surface area contributed by atoms with Crippen LogP contribution in [-0.2, 0) is 0 Å². The molecule has 4 heteroatoms. The number of hydrazone groups is 1. The second-order valence-electron chi connectivity index (χ2n) is 3.89. The third kappa shape index (κ3) is 4.30. The highest BCUT2D eigenvalue weighted by molar-refractivity contribution is 6.30. The maximum atomic E-state index is 5.89. The van der Waals surface area contributed by atoms with Crippen LogP contribution >= 0.6 is 11.6 Å². The maximum Gasteiger partial charge on any atom is 0.119 e. The van der Waals surface area contributed by atoms with Crippen LogP contribution in [0.5, 0.6) is 5.75 Å². The molecule has 2 aromatic rings. The number of halogens is 1. The number of hydrogen-bond donors (Lipinski definition) is 1. The van der Waals surface area contributed by atoms with E-state index in [1.165, 1.54) is 0 Å². The van der Waals surface area contributed by atoms with Gasteiger partial charge in [-0.3, -0.25) is 5.43 Å². The fourth-order valence-corrected chi connectivity index (χ4v) is 1.78. The van der Waals surface area contributed by atoms with E-state index in [9.17, 15) is 0 Å². The normalized spacial score (nSPS) is 10.6. The number of hydrogen-bond acceptors (Lipinski definition) is 3. The van der Waals surface area contributed by atoms with Crippen molar-refractivity contribution in [3.63, 3.8) is 0 Å². The van der Waals surface area contributed by atoms with Crippen molar-refractivity contribution in [3.05, 3.63) is 59.1 Å². The number of nitrogens with one attached hydrogen (secondary N) is 1. The van der Waals surface area contributed by atoms with Gasteiger partial charge in [0.25, 0.3) is 0 Å². The van der Waals surface area contributed by atoms with E-state index in [1.807, 2.05) is 55.5 Å². The van der Waals surface area contributed by atoms with Gasteiger partial charge in [0.2, 0.25) is 0 Å². The third-order valence-corrected chi connectivity index (χ3v) is 2.64. The zero-order chi connectivity index (χ0) is 13.5. The first-order valence-corrected chi connectivity index (χ1v) is 6.43. The van der Waals surface area contributed by atoms with Crippen molar-refractivity contribution in [2.24, 2.45) is 5.10 Å². The Labute approximate surface area is 117 Å². The summed E-state index contributed by atoms with van der Waals surface area (Å²) >= 11 is 5.89. The lowest BCUT2D eigenvalue weighted by Gasteiger charge is -2.03. The summed E-state index contributed by atoms with van der Waals surface area (Å²) in [4.78, 5) is 0. The molecular weight excluding hydrogens is 260 g/mol. The minimum atomic E-state index is 0.654. The zero-order valence-corrected chi connectivity index (χ0v) is 11.4. The molecule has 0 heterocycles. The van der Waals surface area contributed by atoms with Gasteiger partial charge < -0.3 is 4.74 Å². The Morgan fingerprint density at radius 1 is 1.21 bits per heavy atom. The summed E-state index contributed by atoms with van der Waals surface area (Å²) in [6.07, 6.45) is 1.74.